The first kappa shape index (κ1) is 20.4. The van der Waals surface area contributed by atoms with Crippen LogP contribution in [0.25, 0.3) is 32.3 Å². The van der Waals surface area contributed by atoms with Gasteiger partial charge < -0.3 is 15.5 Å². The van der Waals surface area contributed by atoms with Crippen molar-refractivity contribution in [1.29, 1.82) is 0 Å². The van der Waals surface area contributed by atoms with Crippen LogP contribution < -0.4 is 15.5 Å². The molecule has 0 amide bonds. The number of pyridine rings is 1. The van der Waals surface area contributed by atoms with Crippen LogP contribution in [0.4, 0.5) is 16.5 Å². The standard InChI is InChI=1S/C22H23N9S/c1-14(2)27-18-11-19(20-5-4-16-10-15(23-3)12-26-31(16)20)25-13-17(18)21-28-29-22(32-21)30-8-6-24-7-9-30/h4-5,10-14,24H,6-9H2,1-2H3,(H,25,27). The Balaban J connectivity index is 1.53. The van der Waals surface area contributed by atoms with Crippen LogP contribution in [0, 0.1) is 6.57 Å². The predicted molar refractivity (Wildman–Crippen MR) is 127 cm³/mol. The third-order valence-electron chi connectivity index (χ3n) is 5.26. The Morgan fingerprint density at radius 2 is 2.00 bits per heavy atom. The second-order valence-corrected chi connectivity index (χ2v) is 8.88. The highest BCUT2D eigenvalue weighted by Crippen LogP contribution is 2.35. The number of aromatic nitrogens is 5. The molecule has 10 heteroatoms. The molecule has 1 saturated heterocycles. The summed E-state index contributed by atoms with van der Waals surface area (Å²) in [6.45, 7) is 15.2. The quantitative estimate of drug-likeness (QED) is 0.453. The summed E-state index contributed by atoms with van der Waals surface area (Å²) in [7, 11) is 0. The van der Waals surface area contributed by atoms with Gasteiger partial charge in [0, 0.05) is 44.1 Å². The molecule has 0 radical (unpaired) electrons. The fourth-order valence-corrected chi connectivity index (χ4v) is 4.67. The van der Waals surface area contributed by atoms with E-state index in [9.17, 15) is 0 Å². The number of rotatable bonds is 5. The number of fused-ring (bicyclic) bond motifs is 1. The Hall–Kier alpha value is -3.55. The molecule has 4 aromatic heterocycles. The highest BCUT2D eigenvalue weighted by molar-refractivity contribution is 7.18. The van der Waals surface area contributed by atoms with Gasteiger partial charge in [-0.3, -0.25) is 4.98 Å². The van der Waals surface area contributed by atoms with E-state index < -0.39 is 0 Å². The lowest BCUT2D eigenvalue weighted by Gasteiger charge is -2.26. The number of hydrogen-bond acceptors (Lipinski definition) is 8. The van der Waals surface area contributed by atoms with Gasteiger partial charge in [0.25, 0.3) is 0 Å². The molecule has 1 aliphatic rings. The summed E-state index contributed by atoms with van der Waals surface area (Å²) in [6, 6.07) is 8.03. The number of anilines is 2. The molecule has 5 rings (SSSR count). The van der Waals surface area contributed by atoms with Gasteiger partial charge in [0.05, 0.1) is 35.2 Å². The van der Waals surface area contributed by atoms with Crippen LogP contribution in [0.15, 0.2) is 36.7 Å². The van der Waals surface area contributed by atoms with Crippen molar-refractivity contribution in [3.8, 4) is 22.0 Å². The van der Waals surface area contributed by atoms with E-state index in [1.807, 2.05) is 35.0 Å². The lowest BCUT2D eigenvalue weighted by Crippen LogP contribution is -2.43. The Morgan fingerprint density at radius 1 is 1.16 bits per heavy atom. The molecule has 0 aromatic carbocycles. The molecule has 4 aromatic rings. The Kier molecular flexibility index (Phi) is 5.43. The molecule has 162 valence electrons. The maximum atomic E-state index is 7.19. The van der Waals surface area contributed by atoms with E-state index in [4.69, 9.17) is 11.6 Å². The molecular formula is C22H23N9S. The van der Waals surface area contributed by atoms with E-state index >= 15 is 0 Å². The van der Waals surface area contributed by atoms with E-state index in [1.54, 1.807) is 17.5 Å². The molecule has 0 unspecified atom stereocenters. The van der Waals surface area contributed by atoms with Gasteiger partial charge in [0.1, 0.15) is 0 Å². The predicted octanol–water partition coefficient (Wildman–Crippen LogP) is 3.70. The third kappa shape index (κ3) is 3.88. The molecule has 0 spiro atoms. The average Bonchev–Trinajstić information content (AvgIpc) is 3.46. The Bertz CT molecular complexity index is 1290. The van der Waals surface area contributed by atoms with Gasteiger partial charge in [-0.1, -0.05) is 11.3 Å². The summed E-state index contributed by atoms with van der Waals surface area (Å²) in [5.41, 5.74) is 4.94. The molecule has 9 nitrogen and oxygen atoms in total. The van der Waals surface area contributed by atoms with Crippen molar-refractivity contribution in [2.75, 3.05) is 36.4 Å². The molecule has 0 atom stereocenters. The zero-order valence-corrected chi connectivity index (χ0v) is 18.7. The highest BCUT2D eigenvalue weighted by atomic mass is 32.1. The topological polar surface area (TPSA) is 87.6 Å². The van der Waals surface area contributed by atoms with Crippen LogP contribution in [-0.4, -0.2) is 57.0 Å². The Morgan fingerprint density at radius 3 is 2.78 bits per heavy atom. The number of nitrogens with zero attached hydrogens (tertiary/aromatic N) is 7. The van der Waals surface area contributed by atoms with Crippen LogP contribution >= 0.6 is 11.3 Å². The molecule has 5 heterocycles. The Labute approximate surface area is 189 Å². The minimum atomic E-state index is 0.243. The summed E-state index contributed by atoms with van der Waals surface area (Å²) in [5, 5.41) is 22.0. The van der Waals surface area contributed by atoms with Crippen LogP contribution in [0.3, 0.4) is 0 Å². The molecular weight excluding hydrogens is 422 g/mol. The molecule has 0 aliphatic carbocycles. The highest BCUT2D eigenvalue weighted by Gasteiger charge is 2.19. The van der Waals surface area contributed by atoms with Crippen LogP contribution in [0.2, 0.25) is 0 Å². The monoisotopic (exact) mass is 445 g/mol. The van der Waals surface area contributed by atoms with E-state index in [0.29, 0.717) is 5.69 Å². The molecule has 2 N–H and O–H groups in total. The van der Waals surface area contributed by atoms with Crippen molar-refractivity contribution in [2.45, 2.75) is 19.9 Å². The summed E-state index contributed by atoms with van der Waals surface area (Å²) in [6.07, 6.45) is 3.43. The second-order valence-electron chi connectivity index (χ2n) is 7.92. The van der Waals surface area contributed by atoms with Crippen molar-refractivity contribution in [3.63, 3.8) is 0 Å². The van der Waals surface area contributed by atoms with Crippen molar-refractivity contribution >= 4 is 33.4 Å². The van der Waals surface area contributed by atoms with Gasteiger partial charge in [0.15, 0.2) is 5.01 Å². The molecule has 0 bridgehead atoms. The average molecular weight is 446 g/mol. The largest absolute Gasteiger partial charge is 0.382 e. The smallest absolute Gasteiger partial charge is 0.208 e. The van der Waals surface area contributed by atoms with Gasteiger partial charge in [-0.15, -0.1) is 10.2 Å². The summed E-state index contributed by atoms with van der Waals surface area (Å²) in [5.74, 6) is 0. The van der Waals surface area contributed by atoms with Crippen LogP contribution in [-0.2, 0) is 0 Å². The number of piperazine rings is 1. The fraction of sp³-hybridized carbons (Fsp3) is 0.318. The first-order chi connectivity index (χ1) is 15.6. The van der Waals surface area contributed by atoms with Gasteiger partial charge >= 0.3 is 0 Å². The first-order valence-corrected chi connectivity index (χ1v) is 11.4. The van der Waals surface area contributed by atoms with E-state index in [2.05, 4.69) is 49.5 Å². The summed E-state index contributed by atoms with van der Waals surface area (Å²) < 4.78 is 1.81. The summed E-state index contributed by atoms with van der Waals surface area (Å²) >= 11 is 1.59. The third-order valence-corrected chi connectivity index (χ3v) is 6.28. The lowest BCUT2D eigenvalue weighted by atomic mass is 10.1. The van der Waals surface area contributed by atoms with Crippen molar-refractivity contribution in [1.82, 2.24) is 30.1 Å². The second kappa shape index (κ2) is 8.53. The van der Waals surface area contributed by atoms with Gasteiger partial charge in [-0.2, -0.15) is 5.10 Å². The zero-order chi connectivity index (χ0) is 22.1. The van der Waals surface area contributed by atoms with Gasteiger partial charge in [0.2, 0.25) is 10.8 Å². The molecule has 0 saturated carbocycles. The minimum Gasteiger partial charge on any atom is -0.382 e. The van der Waals surface area contributed by atoms with Crippen molar-refractivity contribution < 1.29 is 0 Å². The van der Waals surface area contributed by atoms with Gasteiger partial charge in [-0.05, 0) is 38.1 Å². The van der Waals surface area contributed by atoms with Crippen molar-refractivity contribution in [3.05, 3.63) is 48.1 Å². The minimum absolute atomic E-state index is 0.243. The lowest BCUT2D eigenvalue weighted by molar-refractivity contribution is 0.587. The maximum absolute atomic E-state index is 7.19. The number of hydrogen-bond donors (Lipinski definition) is 2. The number of nitrogens with one attached hydrogen (secondary N) is 2. The molecule has 1 fully saturated rings. The maximum Gasteiger partial charge on any atom is 0.208 e. The SMILES string of the molecule is [C-]#[N+]c1cnn2c(-c3cc(NC(C)C)c(-c4nnc(N5CCNCC5)s4)cn3)ccc2c1. The van der Waals surface area contributed by atoms with E-state index in [1.165, 1.54) is 0 Å². The first-order valence-electron chi connectivity index (χ1n) is 10.5. The van der Waals surface area contributed by atoms with Crippen molar-refractivity contribution in [2.24, 2.45) is 0 Å². The van der Waals surface area contributed by atoms with E-state index in [0.717, 1.165) is 64.5 Å². The molecule has 32 heavy (non-hydrogen) atoms. The normalized spacial score (nSPS) is 14.1. The van der Waals surface area contributed by atoms with E-state index in [-0.39, 0.29) is 6.04 Å². The molecule has 1 aliphatic heterocycles. The van der Waals surface area contributed by atoms with Crippen LogP contribution in [0.5, 0.6) is 0 Å². The summed E-state index contributed by atoms with van der Waals surface area (Å²) in [4.78, 5) is 10.5. The van der Waals surface area contributed by atoms with Crippen LogP contribution in [0.1, 0.15) is 13.8 Å². The fourth-order valence-electron chi connectivity index (χ4n) is 3.75. The zero-order valence-electron chi connectivity index (χ0n) is 17.9. The van der Waals surface area contributed by atoms with Gasteiger partial charge in [-0.25, -0.2) is 9.36 Å².